The Morgan fingerprint density at radius 3 is 2.29 bits per heavy atom. The summed E-state index contributed by atoms with van der Waals surface area (Å²) in [6.45, 7) is 1.58. The second-order valence-electron chi connectivity index (χ2n) is 5.12. The number of phosphoric ester groups is 1. The van der Waals surface area contributed by atoms with Gasteiger partial charge in [0.15, 0.2) is 0 Å². The van der Waals surface area contributed by atoms with Gasteiger partial charge in [-0.1, -0.05) is 45.4 Å². The standard InChI is InChI=1S/C13H28NO6P/c1-2-3-4-5-6-7-8-9-13(16)14-10-12(15)11-20-21(17,18)19/h12,15H,2-11H2,1H3,(H,14,16)(H2,17,18,19). The molecule has 0 aliphatic heterocycles. The lowest BCUT2D eigenvalue weighted by Crippen LogP contribution is -2.34. The van der Waals surface area contributed by atoms with E-state index >= 15 is 0 Å². The Labute approximate surface area is 126 Å². The zero-order chi connectivity index (χ0) is 16.1. The third-order valence-corrected chi connectivity index (χ3v) is 3.46. The fourth-order valence-electron chi connectivity index (χ4n) is 1.80. The Balaban J connectivity index is 3.47. The van der Waals surface area contributed by atoms with Crippen LogP contribution in [-0.4, -0.2) is 40.1 Å². The van der Waals surface area contributed by atoms with Crippen molar-refractivity contribution in [3.05, 3.63) is 0 Å². The van der Waals surface area contributed by atoms with Crippen molar-refractivity contribution in [3.8, 4) is 0 Å². The largest absolute Gasteiger partial charge is 0.469 e. The van der Waals surface area contributed by atoms with Crippen LogP contribution in [0.5, 0.6) is 0 Å². The Morgan fingerprint density at radius 1 is 1.14 bits per heavy atom. The van der Waals surface area contributed by atoms with Gasteiger partial charge in [0.25, 0.3) is 0 Å². The number of phosphoric acid groups is 1. The summed E-state index contributed by atoms with van der Waals surface area (Å²) in [5, 5.41) is 11.9. The Morgan fingerprint density at radius 2 is 1.71 bits per heavy atom. The van der Waals surface area contributed by atoms with Crippen LogP contribution in [-0.2, 0) is 13.9 Å². The quantitative estimate of drug-likeness (QED) is 0.303. The molecule has 8 heteroatoms. The first-order valence-corrected chi connectivity index (χ1v) is 9.03. The Bertz CT molecular complexity index is 320. The highest BCUT2D eigenvalue weighted by atomic mass is 31.2. The van der Waals surface area contributed by atoms with Crippen molar-refractivity contribution in [2.75, 3.05) is 13.2 Å². The minimum atomic E-state index is -4.57. The van der Waals surface area contributed by atoms with Crippen molar-refractivity contribution >= 4 is 13.7 Å². The predicted octanol–water partition coefficient (Wildman–Crippen LogP) is 1.71. The van der Waals surface area contributed by atoms with Crippen LogP contribution in [0, 0.1) is 0 Å². The maximum Gasteiger partial charge on any atom is 0.469 e. The molecule has 0 rings (SSSR count). The molecule has 4 N–H and O–H groups in total. The number of unbranched alkanes of at least 4 members (excludes halogenated alkanes) is 6. The van der Waals surface area contributed by atoms with E-state index in [9.17, 15) is 14.5 Å². The first kappa shape index (κ1) is 20.5. The molecule has 0 heterocycles. The van der Waals surface area contributed by atoms with E-state index in [1.54, 1.807) is 0 Å². The molecule has 1 unspecified atom stereocenters. The molecule has 0 radical (unpaired) electrons. The van der Waals surface area contributed by atoms with Gasteiger partial charge >= 0.3 is 7.82 Å². The highest BCUT2D eigenvalue weighted by Gasteiger charge is 2.17. The number of aliphatic hydroxyl groups excluding tert-OH is 1. The summed E-state index contributed by atoms with van der Waals surface area (Å²) in [5.74, 6) is -0.168. The van der Waals surface area contributed by atoms with E-state index in [-0.39, 0.29) is 12.5 Å². The molecule has 0 spiro atoms. The molecule has 0 aliphatic rings. The van der Waals surface area contributed by atoms with E-state index in [1.165, 1.54) is 25.7 Å². The summed E-state index contributed by atoms with van der Waals surface area (Å²) in [6, 6.07) is 0. The highest BCUT2D eigenvalue weighted by Crippen LogP contribution is 2.35. The third kappa shape index (κ3) is 15.7. The van der Waals surface area contributed by atoms with Crippen LogP contribution in [0.25, 0.3) is 0 Å². The molecule has 0 aliphatic carbocycles. The number of aliphatic hydroxyl groups is 1. The number of carbonyl (C=O) groups is 1. The lowest BCUT2D eigenvalue weighted by molar-refractivity contribution is -0.121. The number of carbonyl (C=O) groups excluding carboxylic acids is 1. The van der Waals surface area contributed by atoms with Crippen molar-refractivity contribution in [3.63, 3.8) is 0 Å². The van der Waals surface area contributed by atoms with Gasteiger partial charge in [0.2, 0.25) is 5.91 Å². The molecule has 0 saturated heterocycles. The summed E-state index contributed by atoms with van der Waals surface area (Å²) in [7, 11) is -4.57. The molecule has 0 saturated carbocycles. The van der Waals surface area contributed by atoms with Crippen LogP contribution in [0.1, 0.15) is 58.3 Å². The van der Waals surface area contributed by atoms with Gasteiger partial charge in [-0.25, -0.2) is 4.57 Å². The van der Waals surface area contributed by atoms with Crippen molar-refractivity contribution < 1.29 is 28.8 Å². The van der Waals surface area contributed by atoms with E-state index < -0.39 is 20.5 Å². The zero-order valence-electron chi connectivity index (χ0n) is 12.7. The molecule has 0 fully saturated rings. The Hall–Kier alpha value is -0.460. The fourth-order valence-corrected chi connectivity index (χ4v) is 2.17. The maximum atomic E-state index is 11.5. The molecule has 0 aromatic heterocycles. The molecule has 1 amide bonds. The van der Waals surface area contributed by atoms with E-state index in [0.717, 1.165) is 19.3 Å². The minimum absolute atomic E-state index is 0.0741. The van der Waals surface area contributed by atoms with E-state index in [4.69, 9.17) is 9.79 Å². The molecular weight excluding hydrogens is 297 g/mol. The first-order chi connectivity index (χ1) is 9.85. The van der Waals surface area contributed by atoms with Gasteiger partial charge in [0, 0.05) is 13.0 Å². The third-order valence-electron chi connectivity index (χ3n) is 2.98. The van der Waals surface area contributed by atoms with Crippen molar-refractivity contribution in [2.24, 2.45) is 0 Å². The second kappa shape index (κ2) is 12.1. The molecule has 126 valence electrons. The smallest absolute Gasteiger partial charge is 0.389 e. The topological polar surface area (TPSA) is 116 Å². The zero-order valence-corrected chi connectivity index (χ0v) is 13.6. The summed E-state index contributed by atoms with van der Waals surface area (Å²) in [5.41, 5.74) is 0. The van der Waals surface area contributed by atoms with E-state index in [2.05, 4.69) is 16.8 Å². The average Bonchev–Trinajstić information content (AvgIpc) is 2.41. The first-order valence-electron chi connectivity index (χ1n) is 7.50. The van der Waals surface area contributed by atoms with Crippen LogP contribution >= 0.6 is 7.82 Å². The fraction of sp³-hybridized carbons (Fsp3) is 0.923. The summed E-state index contributed by atoms with van der Waals surface area (Å²) in [6.07, 6.45) is 7.16. The van der Waals surface area contributed by atoms with Crippen LogP contribution in [0.3, 0.4) is 0 Å². The average molecular weight is 325 g/mol. The van der Waals surface area contributed by atoms with Crippen LogP contribution < -0.4 is 5.32 Å². The lowest BCUT2D eigenvalue weighted by atomic mass is 10.1. The number of hydrogen-bond donors (Lipinski definition) is 4. The van der Waals surface area contributed by atoms with E-state index in [1.807, 2.05) is 0 Å². The van der Waals surface area contributed by atoms with Gasteiger partial charge in [0.05, 0.1) is 12.7 Å². The lowest BCUT2D eigenvalue weighted by Gasteiger charge is -2.12. The van der Waals surface area contributed by atoms with Crippen LogP contribution in [0.15, 0.2) is 0 Å². The van der Waals surface area contributed by atoms with Gasteiger partial charge in [-0.15, -0.1) is 0 Å². The number of hydrogen-bond acceptors (Lipinski definition) is 4. The summed E-state index contributed by atoms with van der Waals surface area (Å²) < 4.78 is 14.6. The SMILES string of the molecule is CCCCCCCCCC(=O)NCC(O)COP(=O)(O)O. The van der Waals surface area contributed by atoms with Crippen molar-refractivity contribution in [1.29, 1.82) is 0 Å². The highest BCUT2D eigenvalue weighted by molar-refractivity contribution is 7.46. The van der Waals surface area contributed by atoms with Crippen molar-refractivity contribution in [2.45, 2.75) is 64.4 Å². The Kier molecular flexibility index (Phi) is 11.9. The molecule has 7 nitrogen and oxygen atoms in total. The molecule has 21 heavy (non-hydrogen) atoms. The van der Waals surface area contributed by atoms with Crippen molar-refractivity contribution in [1.82, 2.24) is 5.32 Å². The van der Waals surface area contributed by atoms with Crippen LogP contribution in [0.2, 0.25) is 0 Å². The number of amides is 1. The molecule has 1 atom stereocenters. The van der Waals surface area contributed by atoms with Crippen LogP contribution in [0.4, 0.5) is 0 Å². The minimum Gasteiger partial charge on any atom is -0.389 e. The monoisotopic (exact) mass is 325 g/mol. The summed E-state index contributed by atoms with van der Waals surface area (Å²) in [4.78, 5) is 28.4. The van der Waals surface area contributed by atoms with Gasteiger partial charge < -0.3 is 20.2 Å². The second-order valence-corrected chi connectivity index (χ2v) is 6.35. The van der Waals surface area contributed by atoms with E-state index in [0.29, 0.717) is 6.42 Å². The number of nitrogens with one attached hydrogen (secondary N) is 1. The molecule has 0 bridgehead atoms. The molecular formula is C13H28NO6P. The molecule has 0 aromatic carbocycles. The maximum absolute atomic E-state index is 11.5. The van der Waals surface area contributed by atoms with Gasteiger partial charge in [0.1, 0.15) is 0 Å². The van der Waals surface area contributed by atoms with Gasteiger partial charge in [-0.3, -0.25) is 9.32 Å². The normalized spacial score (nSPS) is 13.1. The molecule has 0 aromatic rings. The van der Waals surface area contributed by atoms with Gasteiger partial charge in [-0.05, 0) is 6.42 Å². The number of rotatable bonds is 13. The predicted molar refractivity (Wildman–Crippen MR) is 79.6 cm³/mol. The van der Waals surface area contributed by atoms with Gasteiger partial charge in [-0.2, -0.15) is 0 Å². The summed E-state index contributed by atoms with van der Waals surface area (Å²) >= 11 is 0.